The van der Waals surface area contributed by atoms with Crippen molar-refractivity contribution in [3.63, 3.8) is 0 Å². The fraction of sp³-hybridized carbons (Fsp3) is 0.520. The van der Waals surface area contributed by atoms with E-state index in [2.05, 4.69) is 5.32 Å². The summed E-state index contributed by atoms with van der Waals surface area (Å²) >= 11 is 0. The molecule has 9 heteroatoms. The van der Waals surface area contributed by atoms with Crippen LogP contribution >= 0.6 is 0 Å². The highest BCUT2D eigenvalue weighted by molar-refractivity contribution is 7.89. The minimum atomic E-state index is -3.66. The van der Waals surface area contributed by atoms with Crippen molar-refractivity contribution in [1.82, 2.24) is 5.32 Å². The SMILES string of the molecule is NS(=O)(=O)c1cccc(CCCCOCCCCCCNC[C@H](O)c2cccc(O)c2CO)c1. The molecular formula is C25H38N2O6S. The molecule has 0 aliphatic rings. The quantitative estimate of drug-likeness (QED) is 0.213. The Balaban J connectivity index is 1.44. The lowest BCUT2D eigenvalue weighted by Gasteiger charge is -2.16. The molecule has 0 spiro atoms. The first kappa shape index (κ1) is 28.2. The number of primary sulfonamides is 1. The smallest absolute Gasteiger partial charge is 0.238 e. The van der Waals surface area contributed by atoms with Crippen molar-refractivity contribution in [2.24, 2.45) is 5.14 Å². The Morgan fingerprint density at radius 2 is 1.68 bits per heavy atom. The molecular weight excluding hydrogens is 456 g/mol. The van der Waals surface area contributed by atoms with Crippen LogP contribution in [0.5, 0.6) is 5.75 Å². The predicted molar refractivity (Wildman–Crippen MR) is 132 cm³/mol. The number of nitrogens with two attached hydrogens (primary N) is 1. The third-order valence-corrected chi connectivity index (χ3v) is 6.58. The standard InChI is InChI=1S/C25H38N2O6S/c26-34(31,32)21-11-7-10-20(17-21)9-3-6-16-33-15-5-2-1-4-14-27-18-25(30)22-12-8-13-24(29)23(22)19-28/h7-8,10-13,17,25,27-30H,1-6,9,14-16,18-19H2,(H2,26,31,32)/t25-/m0/s1. The number of aliphatic hydroxyl groups is 2. The maximum atomic E-state index is 11.4. The summed E-state index contributed by atoms with van der Waals surface area (Å²) in [5, 5.41) is 37.8. The number of unbranched alkanes of at least 4 members (excludes halogenated alkanes) is 4. The van der Waals surface area contributed by atoms with Gasteiger partial charge in [0.15, 0.2) is 0 Å². The van der Waals surface area contributed by atoms with E-state index in [0.29, 0.717) is 24.3 Å². The van der Waals surface area contributed by atoms with Gasteiger partial charge in [0, 0.05) is 25.3 Å². The summed E-state index contributed by atoms with van der Waals surface area (Å²) in [4.78, 5) is 0.153. The van der Waals surface area contributed by atoms with Gasteiger partial charge in [0.25, 0.3) is 0 Å². The van der Waals surface area contributed by atoms with E-state index in [1.54, 1.807) is 24.3 Å². The van der Waals surface area contributed by atoms with Crippen molar-refractivity contribution in [2.75, 3.05) is 26.3 Å². The summed E-state index contributed by atoms with van der Waals surface area (Å²) < 4.78 is 28.5. The fourth-order valence-electron chi connectivity index (χ4n) is 3.75. The maximum absolute atomic E-state index is 11.4. The molecule has 0 heterocycles. The number of ether oxygens (including phenoxy) is 1. The third kappa shape index (κ3) is 10.1. The second-order valence-corrected chi connectivity index (χ2v) is 9.96. The van der Waals surface area contributed by atoms with Crippen LogP contribution in [-0.4, -0.2) is 50.0 Å². The zero-order chi connectivity index (χ0) is 24.8. The number of aromatic hydroxyl groups is 1. The lowest BCUT2D eigenvalue weighted by molar-refractivity contribution is 0.126. The molecule has 0 aliphatic carbocycles. The van der Waals surface area contributed by atoms with Gasteiger partial charge in [-0.25, -0.2) is 13.6 Å². The van der Waals surface area contributed by atoms with Crippen molar-refractivity contribution in [3.05, 3.63) is 59.2 Å². The number of hydrogen-bond donors (Lipinski definition) is 5. The minimum Gasteiger partial charge on any atom is -0.508 e. The van der Waals surface area contributed by atoms with Crippen LogP contribution in [0.1, 0.15) is 61.3 Å². The van der Waals surface area contributed by atoms with E-state index in [1.807, 2.05) is 6.07 Å². The molecule has 2 aromatic rings. The number of rotatable bonds is 17. The van der Waals surface area contributed by atoms with E-state index in [1.165, 1.54) is 12.1 Å². The van der Waals surface area contributed by atoms with E-state index in [-0.39, 0.29) is 17.3 Å². The topological polar surface area (TPSA) is 142 Å². The highest BCUT2D eigenvalue weighted by Gasteiger charge is 2.14. The molecule has 8 nitrogen and oxygen atoms in total. The van der Waals surface area contributed by atoms with E-state index in [4.69, 9.17) is 9.88 Å². The summed E-state index contributed by atoms with van der Waals surface area (Å²) in [5.74, 6) is -0.00353. The average Bonchev–Trinajstić information content (AvgIpc) is 2.81. The molecule has 0 amide bonds. The molecule has 0 saturated heterocycles. The molecule has 1 atom stereocenters. The monoisotopic (exact) mass is 494 g/mol. The van der Waals surface area contributed by atoms with Crippen molar-refractivity contribution in [2.45, 2.75) is 62.6 Å². The van der Waals surface area contributed by atoms with Crippen LogP contribution in [0.2, 0.25) is 0 Å². The van der Waals surface area contributed by atoms with E-state index >= 15 is 0 Å². The molecule has 0 unspecified atom stereocenters. The summed E-state index contributed by atoms with van der Waals surface area (Å²) in [5.41, 5.74) is 1.88. The number of phenols is 1. The van der Waals surface area contributed by atoms with Crippen LogP contribution < -0.4 is 10.5 Å². The predicted octanol–water partition coefficient (Wildman–Crippen LogP) is 2.75. The molecule has 0 fully saturated rings. The Bertz CT molecular complexity index is 968. The van der Waals surface area contributed by atoms with Gasteiger partial charge in [-0.3, -0.25) is 0 Å². The number of nitrogens with one attached hydrogen (secondary N) is 1. The molecule has 0 bridgehead atoms. The van der Waals surface area contributed by atoms with Gasteiger partial charge in [-0.2, -0.15) is 0 Å². The Morgan fingerprint density at radius 1 is 0.971 bits per heavy atom. The molecule has 0 aliphatic heterocycles. The Labute approximate surface area is 202 Å². The van der Waals surface area contributed by atoms with Crippen molar-refractivity contribution >= 4 is 10.0 Å². The van der Waals surface area contributed by atoms with Crippen LogP contribution in [0.4, 0.5) is 0 Å². The summed E-state index contributed by atoms with van der Waals surface area (Å²) in [6, 6.07) is 11.6. The van der Waals surface area contributed by atoms with Gasteiger partial charge in [-0.15, -0.1) is 0 Å². The second kappa shape index (κ2) is 15.1. The summed E-state index contributed by atoms with van der Waals surface area (Å²) in [6.45, 7) is 2.27. The van der Waals surface area contributed by atoms with Gasteiger partial charge in [-0.05, 0) is 68.0 Å². The van der Waals surface area contributed by atoms with Crippen molar-refractivity contribution in [3.8, 4) is 5.75 Å². The number of sulfonamides is 1. The van der Waals surface area contributed by atoms with Gasteiger partial charge in [0.2, 0.25) is 10.0 Å². The maximum Gasteiger partial charge on any atom is 0.238 e. The van der Waals surface area contributed by atoms with E-state index < -0.39 is 16.1 Å². The molecule has 0 saturated carbocycles. The Hall–Kier alpha value is -2.01. The van der Waals surface area contributed by atoms with Gasteiger partial charge < -0.3 is 25.4 Å². The second-order valence-electron chi connectivity index (χ2n) is 8.40. The number of aryl methyl sites for hydroxylation is 1. The highest BCUT2D eigenvalue weighted by atomic mass is 32.2. The molecule has 190 valence electrons. The van der Waals surface area contributed by atoms with Crippen molar-refractivity contribution < 1.29 is 28.5 Å². The lowest BCUT2D eigenvalue weighted by Crippen LogP contribution is -2.23. The average molecular weight is 495 g/mol. The van der Waals surface area contributed by atoms with Crippen molar-refractivity contribution in [1.29, 1.82) is 0 Å². The van der Waals surface area contributed by atoms with Gasteiger partial charge >= 0.3 is 0 Å². The largest absolute Gasteiger partial charge is 0.508 e. The summed E-state index contributed by atoms with van der Waals surface area (Å²) in [7, 11) is -3.66. The number of aliphatic hydroxyl groups excluding tert-OH is 2. The van der Waals surface area contributed by atoms with E-state index in [0.717, 1.165) is 63.7 Å². The first-order valence-corrected chi connectivity index (χ1v) is 13.4. The Kier molecular flexibility index (Phi) is 12.5. The van der Waals surface area contributed by atoms with Crippen LogP contribution in [0.15, 0.2) is 47.4 Å². The van der Waals surface area contributed by atoms with Crippen LogP contribution in [0, 0.1) is 0 Å². The number of benzene rings is 2. The molecule has 34 heavy (non-hydrogen) atoms. The lowest BCUT2D eigenvalue weighted by atomic mass is 10.0. The summed E-state index contributed by atoms with van der Waals surface area (Å²) in [6.07, 6.45) is 6.00. The van der Waals surface area contributed by atoms with Crippen LogP contribution in [0.25, 0.3) is 0 Å². The van der Waals surface area contributed by atoms with Crippen LogP contribution in [0.3, 0.4) is 0 Å². The highest BCUT2D eigenvalue weighted by Crippen LogP contribution is 2.25. The number of hydrogen-bond acceptors (Lipinski definition) is 7. The minimum absolute atomic E-state index is 0.00353. The molecule has 0 radical (unpaired) electrons. The third-order valence-electron chi connectivity index (χ3n) is 5.67. The van der Waals surface area contributed by atoms with Gasteiger partial charge in [0.05, 0.1) is 17.6 Å². The molecule has 2 rings (SSSR count). The van der Waals surface area contributed by atoms with Crippen LogP contribution in [-0.2, 0) is 27.8 Å². The van der Waals surface area contributed by atoms with Gasteiger partial charge in [-0.1, -0.05) is 37.1 Å². The zero-order valence-electron chi connectivity index (χ0n) is 19.7. The van der Waals surface area contributed by atoms with E-state index in [9.17, 15) is 23.7 Å². The Morgan fingerprint density at radius 3 is 2.41 bits per heavy atom. The zero-order valence-corrected chi connectivity index (χ0v) is 20.5. The molecule has 2 aromatic carbocycles. The first-order valence-electron chi connectivity index (χ1n) is 11.8. The first-order chi connectivity index (χ1) is 16.3. The normalized spacial score (nSPS) is 12.7. The van der Waals surface area contributed by atoms with Gasteiger partial charge in [0.1, 0.15) is 5.75 Å². The molecule has 0 aromatic heterocycles. The fourth-order valence-corrected chi connectivity index (χ4v) is 4.33. The molecule has 6 N–H and O–H groups in total.